The Labute approximate surface area is 177 Å². The number of benzene rings is 1. The average Bonchev–Trinajstić information content (AvgIpc) is 2.77. The third-order valence-electron chi connectivity index (χ3n) is 8.83. The zero-order chi connectivity index (χ0) is 20.2. The Morgan fingerprint density at radius 2 is 1.52 bits per heavy atom. The van der Waals surface area contributed by atoms with Crippen LogP contribution in [0, 0.1) is 35.4 Å². The van der Waals surface area contributed by atoms with Crippen LogP contribution in [-0.4, -0.2) is 7.11 Å². The molecule has 0 radical (unpaired) electrons. The fraction of sp³-hybridized carbons (Fsp3) is 0.778. The lowest BCUT2D eigenvalue weighted by molar-refractivity contribution is 0.0706. The van der Waals surface area contributed by atoms with Crippen LogP contribution in [0.15, 0.2) is 18.2 Å². The van der Waals surface area contributed by atoms with Crippen LogP contribution in [0.2, 0.25) is 0 Å². The molecule has 1 aromatic rings. The van der Waals surface area contributed by atoms with E-state index in [1.807, 2.05) is 12.1 Å². The predicted octanol–water partition coefficient (Wildman–Crippen LogP) is 8.13. The normalized spacial score (nSPS) is 35.1. The molecule has 162 valence electrons. The molecule has 0 amide bonds. The summed E-state index contributed by atoms with van der Waals surface area (Å²) >= 11 is 0. The van der Waals surface area contributed by atoms with Gasteiger partial charge < -0.3 is 4.74 Å². The summed E-state index contributed by atoms with van der Waals surface area (Å²) in [6.45, 7) is 2.32. The number of halogens is 1. The zero-order valence-electron chi connectivity index (χ0n) is 18.7. The minimum atomic E-state index is -0.0682. The first-order valence-corrected chi connectivity index (χ1v) is 12.5. The van der Waals surface area contributed by atoms with Gasteiger partial charge in [-0.25, -0.2) is 4.39 Å². The molecule has 4 rings (SSSR count). The number of rotatable bonds is 6. The predicted molar refractivity (Wildman–Crippen MR) is 119 cm³/mol. The molecule has 2 heteroatoms. The number of fused-ring (bicyclic) bond motifs is 1. The molecule has 3 aliphatic rings. The third kappa shape index (κ3) is 5.00. The second-order valence-electron chi connectivity index (χ2n) is 10.4. The molecule has 0 bridgehead atoms. The lowest BCUT2D eigenvalue weighted by Crippen LogP contribution is -2.34. The second kappa shape index (κ2) is 9.84. The summed E-state index contributed by atoms with van der Waals surface area (Å²) in [5.74, 6) is 5.72. The summed E-state index contributed by atoms with van der Waals surface area (Å²) in [7, 11) is 1.61. The Bertz CT molecular complexity index is 648. The van der Waals surface area contributed by atoms with Crippen LogP contribution in [0.3, 0.4) is 0 Å². The van der Waals surface area contributed by atoms with Gasteiger partial charge in [0.2, 0.25) is 0 Å². The second-order valence-corrected chi connectivity index (χ2v) is 10.4. The van der Waals surface area contributed by atoms with E-state index in [0.29, 0.717) is 11.7 Å². The molecular weight excluding hydrogens is 359 g/mol. The molecule has 0 aliphatic heterocycles. The fourth-order valence-corrected chi connectivity index (χ4v) is 7.04. The van der Waals surface area contributed by atoms with Crippen LogP contribution in [0.5, 0.6) is 5.75 Å². The van der Waals surface area contributed by atoms with E-state index in [0.717, 1.165) is 35.2 Å². The third-order valence-corrected chi connectivity index (χ3v) is 8.83. The van der Waals surface area contributed by atoms with Gasteiger partial charge in [0.25, 0.3) is 0 Å². The molecule has 3 fully saturated rings. The standard InChI is InChI=1S/C27H41FO/c1-3-4-5-19-6-8-20(9-7-19)21-10-11-23-17-24(13-12-22(23)16-21)26-15-14-25(29-2)18-27(26)28/h14-15,18-24H,3-13,16-17H2,1-2H3. The summed E-state index contributed by atoms with van der Waals surface area (Å²) in [5, 5.41) is 0. The highest BCUT2D eigenvalue weighted by Crippen LogP contribution is 2.51. The van der Waals surface area contributed by atoms with E-state index < -0.39 is 0 Å². The van der Waals surface area contributed by atoms with Gasteiger partial charge in [-0.3, -0.25) is 0 Å². The van der Waals surface area contributed by atoms with E-state index in [1.54, 1.807) is 13.2 Å². The quantitative estimate of drug-likeness (QED) is 0.468. The highest BCUT2D eigenvalue weighted by atomic mass is 19.1. The number of unbranched alkanes of at least 4 members (excludes halogenated alkanes) is 1. The van der Waals surface area contributed by atoms with E-state index in [2.05, 4.69) is 6.92 Å². The van der Waals surface area contributed by atoms with Gasteiger partial charge in [-0.15, -0.1) is 0 Å². The SMILES string of the molecule is CCCCC1CCC(C2CCC3CC(c4ccc(OC)cc4F)CCC3C2)CC1. The van der Waals surface area contributed by atoms with Gasteiger partial charge in [0, 0.05) is 6.07 Å². The number of methoxy groups -OCH3 is 1. The molecule has 4 unspecified atom stereocenters. The average molecular weight is 401 g/mol. The Hall–Kier alpha value is -1.05. The summed E-state index contributed by atoms with van der Waals surface area (Å²) in [4.78, 5) is 0. The van der Waals surface area contributed by atoms with Crippen LogP contribution in [-0.2, 0) is 0 Å². The van der Waals surface area contributed by atoms with Crippen LogP contribution < -0.4 is 4.74 Å². The van der Waals surface area contributed by atoms with Crippen molar-refractivity contribution in [3.05, 3.63) is 29.6 Å². The van der Waals surface area contributed by atoms with Crippen molar-refractivity contribution in [2.75, 3.05) is 7.11 Å². The number of hydrogen-bond donors (Lipinski definition) is 0. The number of ether oxygens (including phenoxy) is 1. The van der Waals surface area contributed by atoms with Crippen LogP contribution in [0.4, 0.5) is 4.39 Å². The summed E-state index contributed by atoms with van der Waals surface area (Å²) in [6.07, 6.45) is 18.2. The van der Waals surface area contributed by atoms with E-state index in [4.69, 9.17) is 4.74 Å². The van der Waals surface area contributed by atoms with Gasteiger partial charge in [-0.2, -0.15) is 0 Å². The van der Waals surface area contributed by atoms with Crippen molar-refractivity contribution in [1.29, 1.82) is 0 Å². The molecule has 0 saturated heterocycles. The van der Waals surface area contributed by atoms with Crippen LogP contribution >= 0.6 is 0 Å². The fourth-order valence-electron chi connectivity index (χ4n) is 7.04. The highest BCUT2D eigenvalue weighted by molar-refractivity contribution is 5.31. The molecule has 0 aromatic heterocycles. The maximum absolute atomic E-state index is 14.6. The van der Waals surface area contributed by atoms with Crippen molar-refractivity contribution in [2.24, 2.45) is 29.6 Å². The lowest BCUT2D eigenvalue weighted by Gasteiger charge is -2.45. The smallest absolute Gasteiger partial charge is 0.130 e. The summed E-state index contributed by atoms with van der Waals surface area (Å²) in [6, 6.07) is 5.47. The Morgan fingerprint density at radius 1 is 0.862 bits per heavy atom. The monoisotopic (exact) mass is 400 g/mol. The summed E-state index contributed by atoms with van der Waals surface area (Å²) in [5.41, 5.74) is 0.928. The first kappa shape index (κ1) is 21.2. The van der Waals surface area contributed by atoms with E-state index >= 15 is 0 Å². The van der Waals surface area contributed by atoms with E-state index in [-0.39, 0.29) is 5.82 Å². The van der Waals surface area contributed by atoms with Crippen LogP contribution in [0.25, 0.3) is 0 Å². The van der Waals surface area contributed by atoms with Gasteiger partial charge in [0.15, 0.2) is 0 Å². The molecule has 3 aliphatic carbocycles. The molecule has 1 nitrogen and oxygen atoms in total. The lowest BCUT2D eigenvalue weighted by atomic mass is 9.60. The molecule has 0 spiro atoms. The molecule has 4 atom stereocenters. The van der Waals surface area contributed by atoms with E-state index in [1.165, 1.54) is 83.5 Å². The maximum atomic E-state index is 14.6. The van der Waals surface area contributed by atoms with Crippen molar-refractivity contribution >= 4 is 0 Å². The van der Waals surface area contributed by atoms with Gasteiger partial charge >= 0.3 is 0 Å². The number of hydrogen-bond acceptors (Lipinski definition) is 1. The van der Waals surface area contributed by atoms with Crippen molar-refractivity contribution in [3.63, 3.8) is 0 Å². The van der Waals surface area contributed by atoms with Crippen molar-refractivity contribution in [1.82, 2.24) is 0 Å². The molecule has 0 N–H and O–H groups in total. The minimum absolute atomic E-state index is 0.0682. The Balaban J connectivity index is 1.29. The van der Waals surface area contributed by atoms with E-state index in [9.17, 15) is 4.39 Å². The highest BCUT2D eigenvalue weighted by Gasteiger charge is 2.39. The van der Waals surface area contributed by atoms with Gasteiger partial charge in [0.05, 0.1) is 7.11 Å². The maximum Gasteiger partial charge on any atom is 0.130 e. The molecular formula is C27H41FO. The van der Waals surface area contributed by atoms with Gasteiger partial charge in [-0.05, 0) is 98.5 Å². The van der Waals surface area contributed by atoms with Crippen LogP contribution in [0.1, 0.15) is 102 Å². The van der Waals surface area contributed by atoms with Crippen molar-refractivity contribution in [2.45, 2.75) is 96.3 Å². The molecule has 3 saturated carbocycles. The van der Waals surface area contributed by atoms with Crippen molar-refractivity contribution in [3.8, 4) is 5.75 Å². The molecule has 0 heterocycles. The van der Waals surface area contributed by atoms with Crippen molar-refractivity contribution < 1.29 is 9.13 Å². The minimum Gasteiger partial charge on any atom is -0.497 e. The topological polar surface area (TPSA) is 9.23 Å². The molecule has 1 aromatic carbocycles. The first-order valence-electron chi connectivity index (χ1n) is 12.5. The summed E-state index contributed by atoms with van der Waals surface area (Å²) < 4.78 is 19.8. The zero-order valence-corrected chi connectivity index (χ0v) is 18.7. The Kier molecular flexibility index (Phi) is 7.19. The first-order chi connectivity index (χ1) is 14.2. The largest absolute Gasteiger partial charge is 0.497 e. The molecule has 29 heavy (non-hydrogen) atoms. The van der Waals surface area contributed by atoms with Gasteiger partial charge in [0.1, 0.15) is 11.6 Å². The van der Waals surface area contributed by atoms with Gasteiger partial charge in [-0.1, -0.05) is 45.1 Å². The Morgan fingerprint density at radius 3 is 2.21 bits per heavy atom.